The van der Waals surface area contributed by atoms with Gasteiger partial charge in [-0.2, -0.15) is 5.26 Å². The van der Waals surface area contributed by atoms with Crippen molar-refractivity contribution in [2.75, 3.05) is 0 Å². The van der Waals surface area contributed by atoms with Crippen LogP contribution in [-0.4, -0.2) is 21.9 Å². The lowest BCUT2D eigenvalue weighted by molar-refractivity contribution is -0.121. The molecule has 0 radical (unpaired) electrons. The molecule has 0 aromatic rings. The quantitative estimate of drug-likeness (QED) is 0.858. The Bertz CT molecular complexity index is 352. The van der Waals surface area contributed by atoms with Crippen LogP contribution < -0.4 is 5.32 Å². The van der Waals surface area contributed by atoms with Crippen molar-refractivity contribution in [2.45, 2.75) is 80.7 Å². The first-order chi connectivity index (χ1) is 9.15. The Balaban J connectivity index is 1.86. The highest BCUT2D eigenvalue weighted by atomic mass is 32.2. The summed E-state index contributed by atoms with van der Waals surface area (Å²) in [6, 6.07) is 2.36. The predicted octanol–water partition coefficient (Wildman–Crippen LogP) is 3.39. The maximum absolute atomic E-state index is 12.3. The Kier molecular flexibility index (Phi) is 5.15. The molecule has 0 unspecified atom stereocenters. The van der Waals surface area contributed by atoms with E-state index in [1.807, 2.05) is 6.92 Å². The molecule has 2 rings (SSSR count). The van der Waals surface area contributed by atoms with E-state index in [-0.39, 0.29) is 11.2 Å². The van der Waals surface area contributed by atoms with Crippen LogP contribution in [-0.2, 0) is 4.79 Å². The van der Waals surface area contributed by atoms with Crippen molar-refractivity contribution in [3.8, 4) is 6.07 Å². The lowest BCUT2D eigenvalue weighted by atomic mass is 9.83. The molecule has 2 fully saturated rings. The minimum atomic E-state index is -0.584. The first-order valence-electron chi connectivity index (χ1n) is 7.54. The van der Waals surface area contributed by atoms with Gasteiger partial charge in [-0.1, -0.05) is 32.1 Å². The highest BCUT2D eigenvalue weighted by molar-refractivity contribution is 8.01. The van der Waals surface area contributed by atoms with Gasteiger partial charge in [0, 0.05) is 5.25 Å². The lowest BCUT2D eigenvalue weighted by Gasteiger charge is -2.32. The van der Waals surface area contributed by atoms with Crippen molar-refractivity contribution in [1.82, 2.24) is 5.32 Å². The van der Waals surface area contributed by atoms with Crippen molar-refractivity contribution in [3.63, 3.8) is 0 Å². The Morgan fingerprint density at radius 3 is 2.47 bits per heavy atom. The van der Waals surface area contributed by atoms with E-state index >= 15 is 0 Å². The minimum Gasteiger partial charge on any atom is -0.337 e. The number of hydrogen-bond donors (Lipinski definition) is 1. The number of amides is 1. The first-order valence-corrected chi connectivity index (χ1v) is 8.48. The van der Waals surface area contributed by atoms with E-state index < -0.39 is 5.54 Å². The normalized spacial score (nSPS) is 24.6. The fourth-order valence-corrected chi connectivity index (χ4v) is 4.50. The second-order valence-corrected chi connectivity index (χ2v) is 7.57. The summed E-state index contributed by atoms with van der Waals surface area (Å²) in [6.07, 6.45) is 10.0. The molecule has 0 saturated heterocycles. The van der Waals surface area contributed by atoms with Crippen LogP contribution in [0.3, 0.4) is 0 Å². The van der Waals surface area contributed by atoms with Crippen LogP contribution in [0.2, 0.25) is 0 Å². The zero-order chi connectivity index (χ0) is 13.7. The number of nitrogens with zero attached hydrogens (tertiary/aromatic N) is 1. The van der Waals surface area contributed by atoms with Gasteiger partial charge >= 0.3 is 0 Å². The van der Waals surface area contributed by atoms with E-state index in [9.17, 15) is 10.1 Å². The summed E-state index contributed by atoms with van der Waals surface area (Å²) in [5.41, 5.74) is -0.584. The van der Waals surface area contributed by atoms with Crippen molar-refractivity contribution in [2.24, 2.45) is 0 Å². The van der Waals surface area contributed by atoms with Gasteiger partial charge in [-0.05, 0) is 32.6 Å². The van der Waals surface area contributed by atoms with Crippen LogP contribution in [0.25, 0.3) is 0 Å². The molecule has 0 aromatic carbocycles. The highest BCUT2D eigenvalue weighted by Crippen LogP contribution is 2.33. The summed E-state index contributed by atoms with van der Waals surface area (Å²) < 4.78 is 0. The standard InChI is InChI=1S/C15H24N2OS/c1-12(19-13-7-3-4-8-13)14(18)17-15(11-16)9-5-2-6-10-15/h12-13H,2-10H2,1H3,(H,17,18)/t12-/m1/s1. The zero-order valence-electron chi connectivity index (χ0n) is 11.8. The molecule has 0 heterocycles. The molecule has 2 aliphatic carbocycles. The van der Waals surface area contributed by atoms with Crippen molar-refractivity contribution in [3.05, 3.63) is 0 Å². The van der Waals surface area contributed by atoms with Crippen LogP contribution >= 0.6 is 11.8 Å². The van der Waals surface area contributed by atoms with E-state index in [0.29, 0.717) is 5.25 Å². The monoisotopic (exact) mass is 280 g/mol. The van der Waals surface area contributed by atoms with Gasteiger partial charge < -0.3 is 5.32 Å². The SMILES string of the molecule is C[C@@H](SC1CCCC1)C(=O)NC1(C#N)CCCCC1. The summed E-state index contributed by atoms with van der Waals surface area (Å²) in [7, 11) is 0. The fraction of sp³-hybridized carbons (Fsp3) is 0.867. The van der Waals surface area contributed by atoms with Gasteiger partial charge in [0.1, 0.15) is 5.54 Å². The smallest absolute Gasteiger partial charge is 0.234 e. The molecule has 0 bridgehead atoms. The van der Waals surface area contributed by atoms with Crippen LogP contribution in [0.1, 0.15) is 64.7 Å². The maximum Gasteiger partial charge on any atom is 0.234 e. The molecule has 1 amide bonds. The number of hydrogen-bond acceptors (Lipinski definition) is 3. The number of carbonyl (C=O) groups is 1. The van der Waals surface area contributed by atoms with Crippen molar-refractivity contribution < 1.29 is 4.79 Å². The van der Waals surface area contributed by atoms with E-state index in [2.05, 4.69) is 11.4 Å². The Labute approximate surface area is 120 Å². The van der Waals surface area contributed by atoms with Gasteiger partial charge in [-0.15, -0.1) is 11.8 Å². The predicted molar refractivity (Wildman–Crippen MR) is 78.9 cm³/mol. The zero-order valence-corrected chi connectivity index (χ0v) is 12.6. The van der Waals surface area contributed by atoms with Crippen LogP contribution in [0.15, 0.2) is 0 Å². The molecule has 2 aliphatic rings. The van der Waals surface area contributed by atoms with Gasteiger partial charge in [0.15, 0.2) is 0 Å². The summed E-state index contributed by atoms with van der Waals surface area (Å²) in [4.78, 5) is 12.3. The van der Waals surface area contributed by atoms with Crippen LogP contribution in [0.5, 0.6) is 0 Å². The topological polar surface area (TPSA) is 52.9 Å². The molecule has 1 N–H and O–H groups in total. The van der Waals surface area contributed by atoms with Crippen LogP contribution in [0, 0.1) is 11.3 Å². The number of carbonyl (C=O) groups excluding carboxylic acids is 1. The molecular weight excluding hydrogens is 256 g/mol. The molecule has 106 valence electrons. The number of rotatable bonds is 4. The van der Waals surface area contributed by atoms with E-state index in [0.717, 1.165) is 25.7 Å². The number of thioether (sulfide) groups is 1. The molecule has 3 nitrogen and oxygen atoms in total. The lowest BCUT2D eigenvalue weighted by Crippen LogP contribution is -2.51. The molecule has 0 aliphatic heterocycles. The van der Waals surface area contributed by atoms with Crippen LogP contribution in [0.4, 0.5) is 0 Å². The van der Waals surface area contributed by atoms with Gasteiger partial charge in [0.2, 0.25) is 5.91 Å². The molecule has 0 aromatic heterocycles. The summed E-state index contributed by atoms with van der Waals surface area (Å²) >= 11 is 1.79. The van der Waals surface area contributed by atoms with Crippen molar-refractivity contribution in [1.29, 1.82) is 5.26 Å². The molecule has 19 heavy (non-hydrogen) atoms. The number of nitrogens with one attached hydrogen (secondary N) is 1. The average Bonchev–Trinajstić information content (AvgIpc) is 2.92. The molecule has 2 saturated carbocycles. The van der Waals surface area contributed by atoms with Gasteiger partial charge in [-0.25, -0.2) is 0 Å². The second kappa shape index (κ2) is 6.65. The van der Waals surface area contributed by atoms with Gasteiger partial charge in [-0.3, -0.25) is 4.79 Å². The molecule has 4 heteroatoms. The fourth-order valence-electron chi connectivity index (χ4n) is 3.13. The third-order valence-electron chi connectivity index (χ3n) is 4.35. The molecular formula is C15H24N2OS. The summed E-state index contributed by atoms with van der Waals surface area (Å²) in [5.74, 6) is 0.0559. The summed E-state index contributed by atoms with van der Waals surface area (Å²) in [6.45, 7) is 1.98. The third-order valence-corrected chi connectivity index (χ3v) is 5.83. The largest absolute Gasteiger partial charge is 0.337 e. The molecule has 1 atom stereocenters. The van der Waals surface area contributed by atoms with E-state index in [4.69, 9.17) is 0 Å². The summed E-state index contributed by atoms with van der Waals surface area (Å²) in [5, 5.41) is 13.0. The second-order valence-electron chi connectivity index (χ2n) is 5.93. The first kappa shape index (κ1) is 14.7. The molecule has 0 spiro atoms. The Morgan fingerprint density at radius 2 is 1.89 bits per heavy atom. The Hall–Kier alpha value is -0.690. The minimum absolute atomic E-state index is 0.0322. The maximum atomic E-state index is 12.3. The van der Waals surface area contributed by atoms with E-state index in [1.165, 1.54) is 32.1 Å². The van der Waals surface area contributed by atoms with Crippen molar-refractivity contribution >= 4 is 17.7 Å². The van der Waals surface area contributed by atoms with E-state index in [1.54, 1.807) is 11.8 Å². The average molecular weight is 280 g/mol. The number of nitriles is 1. The highest BCUT2D eigenvalue weighted by Gasteiger charge is 2.35. The van der Waals surface area contributed by atoms with Gasteiger partial charge in [0.05, 0.1) is 11.3 Å². The Morgan fingerprint density at radius 1 is 1.26 bits per heavy atom. The van der Waals surface area contributed by atoms with Gasteiger partial charge in [0.25, 0.3) is 0 Å². The third kappa shape index (κ3) is 3.89.